The quantitative estimate of drug-likeness (QED) is 0.0142. The number of benzene rings is 3. The largest absolute Gasteiger partial charge is 0.508 e. The molecular weight excluding hydrogens is 1720 g/mol. The zero-order valence-corrected chi connectivity index (χ0v) is 75.2. The molecule has 17 amide bonds. The Morgan fingerprint density at radius 1 is 0.481 bits per heavy atom. The number of aromatic hydroxyl groups is 1. The standard InChI is InChI=1S/C87H124N22O21S/c1-7-9-23-66-79(123)98-57(22-15-33-92-87(90)91)75(119)104-65(74(118)95-44-71(89)115)46-131-47-72(116)96-61(38-49-27-29-52(113)30-28-49)82(126)105(4)48(3)73(117)101-63(41-70(88)114)85(129)109-35-17-26-68(109)81(125)103-64(45-112)78(122)99-59(32-37-111)84(128)108-34-16-25-67(108)80(124)100-60(39-50-42-93-55-20-13-11-18-53(50)55)77(121)97-58(31-36-110)76(120)102-62(40-51-43-94-56-21-14-12-19-54(51)56)83(127)107(6)69(24-10-8-2)86(130)106(66)5/h11-14,18-21,27-30,42-43,48,57-69,93-94,110-113H,7-10,15-17,22-26,31-41,44-47H2,1-6H3,(H2,88,114)(H2,89,115)(H,95,118)(H,96,116)(H,97,121)(H,98,123)(H,99,122)(H,100,124)(H,101,117)(H,102,120)(H,103,125)(H,104,119)(H4,90,91,92)/t48-,57-,58-,59-,60-,61-,62-,63+,64-,65-,66-,67-,68-,69-/m0/s1. The molecule has 0 aliphatic carbocycles. The van der Waals surface area contributed by atoms with Gasteiger partial charge in [-0.3, -0.25) is 86.9 Å². The number of phenolic OH excluding ortho intramolecular Hbond substituents is 1. The summed E-state index contributed by atoms with van der Waals surface area (Å²) in [5.41, 5.74) is 19.4. The van der Waals surface area contributed by atoms with Crippen molar-refractivity contribution in [3.63, 3.8) is 0 Å². The van der Waals surface area contributed by atoms with Crippen molar-refractivity contribution in [3.8, 4) is 5.75 Å². The molecule has 714 valence electrons. The molecule has 3 aliphatic rings. The number of amides is 17. The van der Waals surface area contributed by atoms with Crippen molar-refractivity contribution in [3.05, 3.63) is 102 Å². The van der Waals surface area contributed by atoms with E-state index in [0.29, 0.717) is 64.2 Å². The average Bonchev–Trinajstić information content (AvgIpc) is 0.925. The zero-order valence-electron chi connectivity index (χ0n) is 74.4. The van der Waals surface area contributed by atoms with Gasteiger partial charge in [0.05, 0.1) is 25.3 Å². The molecule has 43 nitrogen and oxygen atoms in total. The molecule has 0 unspecified atom stereocenters. The fourth-order valence-electron chi connectivity index (χ4n) is 16.1. The van der Waals surface area contributed by atoms with Gasteiger partial charge in [0.25, 0.3) is 0 Å². The van der Waals surface area contributed by atoms with Crippen LogP contribution in [0.1, 0.15) is 134 Å². The van der Waals surface area contributed by atoms with Gasteiger partial charge in [-0.15, -0.1) is 11.8 Å². The lowest BCUT2D eigenvalue weighted by Crippen LogP contribution is -2.61. The lowest BCUT2D eigenvalue weighted by atomic mass is 9.99. The van der Waals surface area contributed by atoms with Crippen molar-refractivity contribution in [2.24, 2.45) is 17.2 Å². The third-order valence-corrected chi connectivity index (χ3v) is 24.5. The van der Waals surface area contributed by atoms with Gasteiger partial charge in [0, 0.05) is 113 Å². The molecule has 0 spiro atoms. The van der Waals surface area contributed by atoms with Gasteiger partial charge in [0.15, 0.2) is 5.96 Å². The van der Waals surface area contributed by atoms with Crippen LogP contribution in [-0.4, -0.2) is 325 Å². The number of nitrogens with zero attached hydrogens (tertiary/aromatic N) is 5. The number of aromatic amines is 2. The van der Waals surface area contributed by atoms with Crippen LogP contribution in [0.15, 0.2) is 85.2 Å². The van der Waals surface area contributed by atoms with Gasteiger partial charge in [-0.05, 0) is 112 Å². The summed E-state index contributed by atoms with van der Waals surface area (Å²) in [6.45, 7) is 1.38. The van der Waals surface area contributed by atoms with E-state index in [1.54, 1.807) is 60.9 Å². The molecule has 3 fully saturated rings. The summed E-state index contributed by atoms with van der Waals surface area (Å²) >= 11 is 0.754. The number of thioether (sulfide) groups is 1. The number of hydrogen-bond donors (Lipinski definition) is 21. The first-order chi connectivity index (χ1) is 62.5. The van der Waals surface area contributed by atoms with Gasteiger partial charge in [0.2, 0.25) is 100 Å². The van der Waals surface area contributed by atoms with Crippen molar-refractivity contribution in [1.82, 2.24) is 93.0 Å². The maximum absolute atomic E-state index is 15.8. The number of aromatic nitrogens is 2. The number of nitrogens with two attached hydrogens (primary N) is 3. The number of para-hydroxylation sites is 2. The van der Waals surface area contributed by atoms with Crippen molar-refractivity contribution in [2.75, 3.05) is 78.6 Å². The van der Waals surface area contributed by atoms with Crippen molar-refractivity contribution < 1.29 is 102 Å². The van der Waals surface area contributed by atoms with Crippen molar-refractivity contribution >= 4 is 140 Å². The minimum atomic E-state index is -1.85. The molecule has 5 aromatic rings. The predicted molar refractivity (Wildman–Crippen MR) is 480 cm³/mol. The van der Waals surface area contributed by atoms with Crippen LogP contribution in [0.3, 0.4) is 0 Å². The Bertz CT molecular complexity index is 4900. The molecule has 131 heavy (non-hydrogen) atoms. The third-order valence-electron chi connectivity index (χ3n) is 23.4. The smallest absolute Gasteiger partial charge is 0.246 e. The molecule has 0 radical (unpaired) electrons. The minimum Gasteiger partial charge on any atom is -0.508 e. The van der Waals surface area contributed by atoms with E-state index in [2.05, 4.69) is 68.5 Å². The molecule has 24 N–H and O–H groups in total. The summed E-state index contributed by atoms with van der Waals surface area (Å²) in [6.07, 6.45) is 2.39. The van der Waals surface area contributed by atoms with Gasteiger partial charge in [-0.2, -0.15) is 0 Å². The summed E-state index contributed by atoms with van der Waals surface area (Å²) in [6, 6.07) is -2.22. The van der Waals surface area contributed by atoms with E-state index in [1.165, 1.54) is 52.3 Å². The number of nitrogens with one attached hydrogen (secondary N) is 14. The molecular formula is C87H124N22O21S. The number of aliphatic hydroxyl groups excluding tert-OH is 3. The van der Waals surface area contributed by atoms with E-state index in [9.17, 15) is 73.2 Å². The van der Waals surface area contributed by atoms with Gasteiger partial charge < -0.3 is 131 Å². The Morgan fingerprint density at radius 2 is 0.954 bits per heavy atom. The monoisotopic (exact) mass is 1840 g/mol. The summed E-state index contributed by atoms with van der Waals surface area (Å²) in [5, 5.41) is 79.7. The van der Waals surface area contributed by atoms with E-state index in [4.69, 9.17) is 22.6 Å². The average molecular weight is 1850 g/mol. The second kappa shape index (κ2) is 50.3. The first-order valence-electron chi connectivity index (χ1n) is 43.9. The highest BCUT2D eigenvalue weighted by molar-refractivity contribution is 8.00. The second-order valence-corrected chi connectivity index (χ2v) is 33.9. The maximum atomic E-state index is 15.8. The van der Waals surface area contributed by atoms with Crippen LogP contribution in [-0.2, 0) is 101 Å². The summed E-state index contributed by atoms with van der Waals surface area (Å²) in [4.78, 5) is 259. The third kappa shape index (κ3) is 29.0. The molecule has 0 bridgehead atoms. The molecule has 3 aromatic carbocycles. The number of primary amides is 2. The second-order valence-electron chi connectivity index (χ2n) is 32.9. The molecule has 44 heteroatoms. The molecule has 5 heterocycles. The number of carbonyl (C=O) groups excluding carboxylic acids is 17. The van der Waals surface area contributed by atoms with Crippen LogP contribution in [0.4, 0.5) is 0 Å². The van der Waals surface area contributed by atoms with Crippen molar-refractivity contribution in [1.29, 1.82) is 5.41 Å². The Morgan fingerprint density at radius 3 is 1.52 bits per heavy atom. The Hall–Kier alpha value is -13.0. The number of unbranched alkanes of at least 4 members (excludes halogenated alkanes) is 2. The van der Waals surface area contributed by atoms with Gasteiger partial charge >= 0.3 is 0 Å². The van der Waals surface area contributed by atoms with E-state index >= 15 is 28.8 Å². The van der Waals surface area contributed by atoms with E-state index in [-0.39, 0.29) is 96.0 Å². The molecule has 8 rings (SSSR count). The van der Waals surface area contributed by atoms with Gasteiger partial charge in [-0.1, -0.05) is 88.1 Å². The zero-order chi connectivity index (χ0) is 95.9. The number of phenols is 1. The highest BCUT2D eigenvalue weighted by Crippen LogP contribution is 2.27. The Kier molecular flexibility index (Phi) is 39.7. The van der Waals surface area contributed by atoms with Crippen LogP contribution in [0.25, 0.3) is 21.8 Å². The van der Waals surface area contributed by atoms with Crippen LogP contribution in [0, 0.1) is 5.41 Å². The minimum absolute atomic E-state index is 0.00228. The molecule has 14 atom stereocenters. The van der Waals surface area contributed by atoms with Gasteiger partial charge in [0.1, 0.15) is 90.3 Å². The summed E-state index contributed by atoms with van der Waals surface area (Å²) < 4.78 is 0. The number of aliphatic hydroxyl groups is 3. The van der Waals surface area contributed by atoms with E-state index < -0.39 is 248 Å². The van der Waals surface area contributed by atoms with Crippen LogP contribution in [0.2, 0.25) is 0 Å². The number of hydrogen-bond acceptors (Lipinski definition) is 23. The lowest BCUT2D eigenvalue weighted by Gasteiger charge is -2.36. The normalized spacial score (nSPS) is 24.5. The molecule has 2 aromatic heterocycles. The lowest BCUT2D eigenvalue weighted by molar-refractivity contribution is -0.149. The Labute approximate surface area is 761 Å². The van der Waals surface area contributed by atoms with Crippen LogP contribution < -0.4 is 75.7 Å². The van der Waals surface area contributed by atoms with Crippen LogP contribution >= 0.6 is 11.8 Å². The SMILES string of the molecule is CCCC[C@H]1C(=O)N(C)[C@@H](CCCC)C(=O)N[C@@H](CCCNC(=N)N)C(=O)N[C@H](C(=O)NCC(N)=O)CSCC(=O)N[C@@H](Cc2ccc(O)cc2)C(=O)N(C)[C@@H](C)C(=O)N[C@H](CC(N)=O)C(=O)N2CCC[C@H]2C(=O)N[C@@H](CO)C(=O)N[C@@H](CCO)C(=O)N2CCC[C@H]2C(=O)N[C@@H](Cc2c[nH]c3ccccc23)C(=O)N[C@@H](CCO)C(=O)N[C@@H](Cc2c[nH]c3ccccc23)C(=O)N1C. The number of carbonyl (C=O) groups is 17. The van der Waals surface area contributed by atoms with E-state index in [1.807, 2.05) is 13.8 Å². The van der Waals surface area contributed by atoms with E-state index in [0.717, 1.165) is 36.3 Å². The number of guanidine groups is 1. The first kappa shape index (κ1) is 103. The van der Waals surface area contributed by atoms with Crippen molar-refractivity contribution in [2.45, 2.75) is 221 Å². The summed E-state index contributed by atoms with van der Waals surface area (Å²) in [5.74, 6) is -17.9. The van der Waals surface area contributed by atoms with Crippen LogP contribution in [0.5, 0.6) is 5.75 Å². The molecule has 0 saturated carbocycles. The topological polar surface area (TPSA) is 653 Å². The number of H-pyrrole nitrogens is 2. The first-order valence-corrected chi connectivity index (χ1v) is 45.0. The highest BCUT2D eigenvalue weighted by atomic mass is 32.2. The number of rotatable bonds is 26. The van der Waals surface area contributed by atoms with Gasteiger partial charge in [-0.25, -0.2) is 0 Å². The molecule has 3 saturated heterocycles. The number of likely N-dealkylation sites (N-methyl/N-ethyl adjacent to an activating group) is 3. The highest BCUT2D eigenvalue weighted by Gasteiger charge is 2.45. The number of fused-ring (bicyclic) bond motifs is 4. The predicted octanol–water partition coefficient (Wildman–Crippen LogP) is -4.15. The molecule has 3 aliphatic heterocycles. The fraction of sp³-hybridized carbons (Fsp3) is 0.540. The Balaban J connectivity index is 1.18. The maximum Gasteiger partial charge on any atom is 0.246 e. The summed E-state index contributed by atoms with van der Waals surface area (Å²) in [7, 11) is 3.90. The fourth-order valence-corrected chi connectivity index (χ4v) is 16.9.